The van der Waals surface area contributed by atoms with Gasteiger partial charge in [0.2, 0.25) is 11.8 Å². The third-order valence-electron chi connectivity index (χ3n) is 4.02. The number of piperidine rings is 2. The smallest absolute Gasteiger partial charge is 0.222 e. The van der Waals surface area contributed by atoms with Crippen molar-refractivity contribution in [2.45, 2.75) is 44.6 Å². The molecule has 5 nitrogen and oxygen atoms in total. The molecule has 0 aromatic carbocycles. The average Bonchev–Trinajstić information content (AvgIpc) is 2.38. The van der Waals surface area contributed by atoms with Crippen molar-refractivity contribution in [2.24, 2.45) is 11.7 Å². The van der Waals surface area contributed by atoms with Crippen molar-refractivity contribution in [3.8, 4) is 0 Å². The number of unbranched alkanes of at least 4 members (excludes halogenated alkanes) is 1. The fourth-order valence-electron chi connectivity index (χ4n) is 2.92. The molecule has 2 fully saturated rings. The lowest BCUT2D eigenvalue weighted by molar-refractivity contribution is -0.134. The molecule has 2 amide bonds. The third kappa shape index (κ3) is 3.22. The van der Waals surface area contributed by atoms with Gasteiger partial charge in [0.15, 0.2) is 0 Å². The highest BCUT2D eigenvalue weighted by Crippen LogP contribution is 2.25. The van der Waals surface area contributed by atoms with Crippen LogP contribution in [0.5, 0.6) is 0 Å². The zero-order chi connectivity index (χ0) is 13.0. The first kappa shape index (κ1) is 13.3. The Morgan fingerprint density at radius 2 is 2.22 bits per heavy atom. The summed E-state index contributed by atoms with van der Waals surface area (Å²) in [5, 5.41) is 3.04. The van der Waals surface area contributed by atoms with Gasteiger partial charge in [0.05, 0.1) is 0 Å². The summed E-state index contributed by atoms with van der Waals surface area (Å²) in [7, 11) is 0. The van der Waals surface area contributed by atoms with E-state index >= 15 is 0 Å². The summed E-state index contributed by atoms with van der Waals surface area (Å²) in [6.07, 6.45) is 4.85. The van der Waals surface area contributed by atoms with Gasteiger partial charge in [-0.2, -0.15) is 0 Å². The fourth-order valence-corrected chi connectivity index (χ4v) is 2.92. The summed E-state index contributed by atoms with van der Waals surface area (Å²) in [6, 6.07) is 0.291. The number of hydrogen-bond donors (Lipinski definition) is 2. The Kier molecular flexibility index (Phi) is 4.58. The summed E-state index contributed by atoms with van der Waals surface area (Å²) in [6.45, 7) is 2.25. The number of likely N-dealkylation sites (tertiary alicyclic amines) is 1. The van der Waals surface area contributed by atoms with Crippen molar-refractivity contribution < 1.29 is 9.59 Å². The molecule has 2 saturated heterocycles. The zero-order valence-electron chi connectivity index (χ0n) is 10.9. The fraction of sp³-hybridized carbons (Fsp3) is 0.846. The van der Waals surface area contributed by atoms with Gasteiger partial charge < -0.3 is 16.0 Å². The highest BCUT2D eigenvalue weighted by atomic mass is 16.2. The van der Waals surface area contributed by atoms with Gasteiger partial charge in [0.1, 0.15) is 0 Å². The number of amides is 2. The Balaban J connectivity index is 1.79. The molecule has 2 aliphatic heterocycles. The predicted molar refractivity (Wildman–Crippen MR) is 68.8 cm³/mol. The van der Waals surface area contributed by atoms with Crippen LogP contribution in [-0.2, 0) is 9.59 Å². The Hall–Kier alpha value is -1.10. The van der Waals surface area contributed by atoms with Crippen molar-refractivity contribution in [1.82, 2.24) is 10.2 Å². The van der Waals surface area contributed by atoms with E-state index in [1.165, 1.54) is 0 Å². The molecule has 2 heterocycles. The molecule has 2 aliphatic rings. The maximum absolute atomic E-state index is 12.0. The zero-order valence-corrected chi connectivity index (χ0v) is 10.9. The van der Waals surface area contributed by atoms with Crippen molar-refractivity contribution in [2.75, 3.05) is 19.6 Å². The molecule has 2 unspecified atom stereocenters. The highest BCUT2D eigenvalue weighted by Gasteiger charge is 2.34. The molecule has 0 aliphatic carbocycles. The van der Waals surface area contributed by atoms with Gasteiger partial charge >= 0.3 is 0 Å². The summed E-state index contributed by atoms with van der Waals surface area (Å²) in [5.41, 5.74) is 5.43. The van der Waals surface area contributed by atoms with Crippen LogP contribution < -0.4 is 11.1 Å². The molecule has 18 heavy (non-hydrogen) atoms. The number of rotatable bonds is 4. The maximum atomic E-state index is 12.0. The predicted octanol–water partition coefficient (Wildman–Crippen LogP) is 0.243. The van der Waals surface area contributed by atoms with Gasteiger partial charge in [-0.15, -0.1) is 0 Å². The Morgan fingerprint density at radius 1 is 1.39 bits per heavy atom. The minimum Gasteiger partial charge on any atom is -0.353 e. The lowest BCUT2D eigenvalue weighted by Gasteiger charge is -2.41. The molecule has 2 atom stereocenters. The average molecular weight is 253 g/mol. The van der Waals surface area contributed by atoms with E-state index in [2.05, 4.69) is 5.32 Å². The number of nitrogens with zero attached hydrogens (tertiary/aromatic N) is 1. The van der Waals surface area contributed by atoms with Gasteiger partial charge in [-0.3, -0.25) is 9.59 Å². The number of carbonyl (C=O) groups excluding carboxylic acids is 2. The first-order valence-corrected chi connectivity index (χ1v) is 6.98. The normalized spacial score (nSPS) is 27.6. The van der Waals surface area contributed by atoms with Crippen LogP contribution in [0, 0.1) is 5.92 Å². The lowest BCUT2D eigenvalue weighted by atomic mass is 9.85. The standard InChI is InChI=1S/C13H23N3O2/c14-7-2-1-3-13(18)16-8-6-11-10(9-16)4-5-12(17)15-11/h10-11H,1-9,14H2,(H,15,17). The van der Waals surface area contributed by atoms with Crippen LogP contribution in [0.2, 0.25) is 0 Å². The summed E-state index contributed by atoms with van der Waals surface area (Å²) in [4.78, 5) is 25.3. The number of hydrogen-bond acceptors (Lipinski definition) is 3. The molecule has 2 rings (SSSR count). The van der Waals surface area contributed by atoms with Crippen molar-refractivity contribution in [3.05, 3.63) is 0 Å². The minimum absolute atomic E-state index is 0.166. The van der Waals surface area contributed by atoms with E-state index in [-0.39, 0.29) is 11.8 Å². The van der Waals surface area contributed by atoms with Gasteiger partial charge in [-0.05, 0) is 38.1 Å². The van der Waals surface area contributed by atoms with E-state index in [1.807, 2.05) is 4.90 Å². The molecule has 5 heteroatoms. The first-order chi connectivity index (χ1) is 8.70. The van der Waals surface area contributed by atoms with Gasteiger partial charge in [0.25, 0.3) is 0 Å². The van der Waals surface area contributed by atoms with Crippen LogP contribution in [0.1, 0.15) is 38.5 Å². The minimum atomic E-state index is 0.166. The van der Waals surface area contributed by atoms with E-state index in [9.17, 15) is 9.59 Å². The summed E-state index contributed by atoms with van der Waals surface area (Å²) >= 11 is 0. The van der Waals surface area contributed by atoms with Crippen molar-refractivity contribution >= 4 is 11.8 Å². The Bertz CT molecular complexity index is 319. The van der Waals surface area contributed by atoms with Crippen LogP contribution in [0.15, 0.2) is 0 Å². The Morgan fingerprint density at radius 3 is 3.00 bits per heavy atom. The topological polar surface area (TPSA) is 75.4 Å². The van der Waals surface area contributed by atoms with Gasteiger partial charge in [-0.1, -0.05) is 0 Å². The van der Waals surface area contributed by atoms with Gasteiger partial charge in [-0.25, -0.2) is 0 Å². The number of nitrogens with two attached hydrogens (primary N) is 1. The molecule has 0 saturated carbocycles. The van der Waals surface area contributed by atoms with Gasteiger partial charge in [0, 0.05) is 32.0 Å². The molecule has 3 N–H and O–H groups in total. The lowest BCUT2D eigenvalue weighted by Crippen LogP contribution is -2.55. The molecular weight excluding hydrogens is 230 g/mol. The second kappa shape index (κ2) is 6.18. The number of carbonyl (C=O) groups is 2. The van der Waals surface area contributed by atoms with Crippen molar-refractivity contribution in [3.63, 3.8) is 0 Å². The van der Waals surface area contributed by atoms with Crippen LogP contribution in [0.3, 0.4) is 0 Å². The highest BCUT2D eigenvalue weighted by molar-refractivity contribution is 5.78. The van der Waals surface area contributed by atoms with Crippen LogP contribution in [0.25, 0.3) is 0 Å². The second-order valence-electron chi connectivity index (χ2n) is 5.35. The van der Waals surface area contributed by atoms with E-state index in [4.69, 9.17) is 5.73 Å². The SMILES string of the molecule is NCCCCC(=O)N1CCC2NC(=O)CCC2C1. The second-order valence-corrected chi connectivity index (χ2v) is 5.35. The molecule has 0 aromatic heterocycles. The quantitative estimate of drug-likeness (QED) is 0.705. The molecule has 0 radical (unpaired) electrons. The summed E-state index contributed by atoms with van der Waals surface area (Å²) < 4.78 is 0. The third-order valence-corrected chi connectivity index (χ3v) is 4.02. The molecular formula is C13H23N3O2. The Labute approximate surface area is 108 Å². The van der Waals surface area contributed by atoms with Crippen molar-refractivity contribution in [1.29, 1.82) is 0 Å². The van der Waals surface area contributed by atoms with E-state index < -0.39 is 0 Å². The van der Waals surface area contributed by atoms with Crippen LogP contribution in [0.4, 0.5) is 0 Å². The molecule has 0 spiro atoms. The molecule has 0 aromatic rings. The number of nitrogens with one attached hydrogen (secondary N) is 1. The van der Waals surface area contributed by atoms with E-state index in [1.54, 1.807) is 0 Å². The largest absolute Gasteiger partial charge is 0.353 e. The van der Waals surface area contributed by atoms with E-state index in [0.29, 0.717) is 31.3 Å². The van der Waals surface area contributed by atoms with E-state index in [0.717, 1.165) is 38.8 Å². The van der Waals surface area contributed by atoms with Crippen LogP contribution in [-0.4, -0.2) is 42.4 Å². The summed E-state index contributed by atoms with van der Waals surface area (Å²) in [5.74, 6) is 0.868. The maximum Gasteiger partial charge on any atom is 0.222 e. The number of fused-ring (bicyclic) bond motifs is 1. The van der Waals surface area contributed by atoms with Crippen LogP contribution >= 0.6 is 0 Å². The molecule has 0 bridgehead atoms. The molecule has 102 valence electrons. The first-order valence-electron chi connectivity index (χ1n) is 6.98. The monoisotopic (exact) mass is 253 g/mol.